The van der Waals surface area contributed by atoms with Crippen molar-refractivity contribution < 1.29 is 14.7 Å². The first-order chi connectivity index (χ1) is 8.08. The maximum absolute atomic E-state index is 12.0. The largest absolute Gasteiger partial charge is 0.481 e. The highest BCUT2D eigenvalue weighted by Gasteiger charge is 2.44. The molecule has 0 aliphatic heterocycles. The van der Waals surface area contributed by atoms with Crippen molar-refractivity contribution in [3.8, 4) is 0 Å². The van der Waals surface area contributed by atoms with Crippen LogP contribution in [0, 0.1) is 12.3 Å². The van der Waals surface area contributed by atoms with Crippen LogP contribution in [-0.2, 0) is 4.79 Å². The average Bonchev–Trinajstić information content (AvgIpc) is 2.63. The predicted molar refractivity (Wildman–Crippen MR) is 69.8 cm³/mol. The second-order valence-electron chi connectivity index (χ2n) is 5.26. The molecule has 5 nitrogen and oxygen atoms in total. The van der Waals surface area contributed by atoms with Crippen molar-refractivity contribution in [2.45, 2.75) is 40.2 Å². The number of aryl methyl sites for hydroxylation is 1. The number of carboxylic acids is 1. The molecular weight excluding hydrogens is 252 g/mol. The number of hydrogen-bond donors (Lipinski definition) is 2. The van der Waals surface area contributed by atoms with E-state index >= 15 is 0 Å². The lowest BCUT2D eigenvalue weighted by molar-refractivity contribution is -0.150. The summed E-state index contributed by atoms with van der Waals surface area (Å²) >= 11 is 1.38. The summed E-state index contributed by atoms with van der Waals surface area (Å²) in [6, 6.07) is 0. The summed E-state index contributed by atoms with van der Waals surface area (Å²) in [5.74, 6) is -1.30. The quantitative estimate of drug-likeness (QED) is 0.877. The number of aliphatic carboxylic acids is 1. The zero-order valence-electron chi connectivity index (χ0n) is 11.2. The van der Waals surface area contributed by atoms with E-state index in [0.717, 1.165) is 5.01 Å². The fourth-order valence-corrected chi connectivity index (χ4v) is 1.83. The third-order valence-corrected chi connectivity index (χ3v) is 4.15. The number of carbonyl (C=O) groups is 2. The van der Waals surface area contributed by atoms with Crippen molar-refractivity contribution >= 4 is 23.2 Å². The lowest BCUT2D eigenvalue weighted by Crippen LogP contribution is -2.57. The molecule has 100 valence electrons. The van der Waals surface area contributed by atoms with Crippen LogP contribution in [0.25, 0.3) is 0 Å². The van der Waals surface area contributed by atoms with Crippen LogP contribution in [0.15, 0.2) is 5.38 Å². The molecule has 1 amide bonds. The number of aromatic nitrogens is 1. The minimum Gasteiger partial charge on any atom is -0.481 e. The highest BCUT2D eigenvalue weighted by Crippen LogP contribution is 2.31. The lowest BCUT2D eigenvalue weighted by atomic mass is 9.74. The number of carboxylic acid groups (broad SMARTS) is 1. The number of rotatable bonds is 4. The molecule has 1 rings (SSSR count). The zero-order valence-corrected chi connectivity index (χ0v) is 12.0. The highest BCUT2D eigenvalue weighted by atomic mass is 32.1. The fraction of sp³-hybridized carbons (Fsp3) is 0.583. The van der Waals surface area contributed by atoms with Crippen molar-refractivity contribution in [2.24, 2.45) is 5.41 Å². The molecule has 0 unspecified atom stereocenters. The number of carbonyl (C=O) groups excluding carboxylic acids is 1. The van der Waals surface area contributed by atoms with E-state index in [9.17, 15) is 14.7 Å². The van der Waals surface area contributed by atoms with E-state index in [0.29, 0.717) is 5.69 Å². The van der Waals surface area contributed by atoms with E-state index in [1.807, 2.05) is 6.92 Å². The molecule has 0 radical (unpaired) electrons. The lowest BCUT2D eigenvalue weighted by Gasteiger charge is -2.38. The Bertz CT molecular complexity index is 477. The number of hydrogen-bond acceptors (Lipinski definition) is 4. The van der Waals surface area contributed by atoms with Gasteiger partial charge in [-0.15, -0.1) is 11.3 Å². The van der Waals surface area contributed by atoms with Crippen molar-refractivity contribution in [3.63, 3.8) is 0 Å². The Morgan fingerprint density at radius 1 is 1.33 bits per heavy atom. The topological polar surface area (TPSA) is 79.3 Å². The second kappa shape index (κ2) is 4.68. The molecule has 0 saturated heterocycles. The maximum atomic E-state index is 12.0. The number of thiazole rings is 1. The van der Waals surface area contributed by atoms with Gasteiger partial charge in [0.15, 0.2) is 0 Å². The van der Waals surface area contributed by atoms with Gasteiger partial charge in [0.05, 0.1) is 16.0 Å². The monoisotopic (exact) mass is 270 g/mol. The SMILES string of the molecule is Cc1nc(C(=O)NC(C)(C)C(C)(C)C(=O)O)cs1. The second-order valence-corrected chi connectivity index (χ2v) is 6.32. The van der Waals surface area contributed by atoms with Crippen LogP contribution in [0.4, 0.5) is 0 Å². The first kappa shape index (κ1) is 14.6. The van der Waals surface area contributed by atoms with Crippen LogP contribution in [0.3, 0.4) is 0 Å². The van der Waals surface area contributed by atoms with Gasteiger partial charge in [0.2, 0.25) is 0 Å². The van der Waals surface area contributed by atoms with Gasteiger partial charge in [-0.25, -0.2) is 4.98 Å². The molecule has 1 aromatic heterocycles. The van der Waals surface area contributed by atoms with E-state index in [2.05, 4.69) is 10.3 Å². The summed E-state index contributed by atoms with van der Waals surface area (Å²) in [5, 5.41) is 14.4. The van der Waals surface area contributed by atoms with Gasteiger partial charge < -0.3 is 10.4 Å². The molecule has 0 spiro atoms. The number of amides is 1. The van der Waals surface area contributed by atoms with E-state index < -0.39 is 16.9 Å². The molecule has 1 heterocycles. The molecule has 0 bridgehead atoms. The smallest absolute Gasteiger partial charge is 0.311 e. The Morgan fingerprint density at radius 2 is 1.89 bits per heavy atom. The van der Waals surface area contributed by atoms with Gasteiger partial charge in [-0.3, -0.25) is 9.59 Å². The van der Waals surface area contributed by atoms with Gasteiger partial charge in [-0.2, -0.15) is 0 Å². The maximum Gasteiger partial charge on any atom is 0.311 e. The van der Waals surface area contributed by atoms with Crippen LogP contribution >= 0.6 is 11.3 Å². The molecule has 0 fully saturated rings. The fourth-order valence-electron chi connectivity index (χ4n) is 1.24. The van der Waals surface area contributed by atoms with E-state index in [-0.39, 0.29) is 5.91 Å². The summed E-state index contributed by atoms with van der Waals surface area (Å²) < 4.78 is 0. The van der Waals surface area contributed by atoms with Crippen LogP contribution in [0.5, 0.6) is 0 Å². The summed E-state index contributed by atoms with van der Waals surface area (Å²) in [6.07, 6.45) is 0. The molecule has 0 aromatic carbocycles. The summed E-state index contributed by atoms with van der Waals surface area (Å²) in [5.41, 5.74) is -1.63. The van der Waals surface area contributed by atoms with Crippen molar-refractivity contribution in [3.05, 3.63) is 16.1 Å². The van der Waals surface area contributed by atoms with Crippen LogP contribution in [-0.4, -0.2) is 27.5 Å². The highest BCUT2D eigenvalue weighted by molar-refractivity contribution is 7.09. The number of nitrogens with zero attached hydrogens (tertiary/aromatic N) is 1. The predicted octanol–water partition coefficient (Wildman–Crippen LogP) is 2.07. The van der Waals surface area contributed by atoms with Gasteiger partial charge in [-0.05, 0) is 34.6 Å². The van der Waals surface area contributed by atoms with Gasteiger partial charge in [0.25, 0.3) is 5.91 Å². The van der Waals surface area contributed by atoms with Crippen molar-refractivity contribution in [2.75, 3.05) is 0 Å². The van der Waals surface area contributed by atoms with E-state index in [4.69, 9.17) is 0 Å². The Kier molecular flexibility index (Phi) is 3.81. The first-order valence-electron chi connectivity index (χ1n) is 5.56. The van der Waals surface area contributed by atoms with Gasteiger partial charge >= 0.3 is 5.97 Å². The standard InChI is InChI=1S/C12H18N2O3S/c1-7-13-8(6-18-7)9(15)14-12(4,5)11(2,3)10(16)17/h6H,1-5H3,(H,14,15)(H,16,17). The van der Waals surface area contributed by atoms with Crippen LogP contribution in [0.1, 0.15) is 43.2 Å². The van der Waals surface area contributed by atoms with Crippen molar-refractivity contribution in [1.29, 1.82) is 0 Å². The van der Waals surface area contributed by atoms with Gasteiger partial charge in [0, 0.05) is 5.38 Å². The molecule has 1 aromatic rings. The van der Waals surface area contributed by atoms with Crippen LogP contribution in [0.2, 0.25) is 0 Å². The van der Waals surface area contributed by atoms with Crippen LogP contribution < -0.4 is 5.32 Å². The molecule has 2 N–H and O–H groups in total. The van der Waals surface area contributed by atoms with Gasteiger partial charge in [-0.1, -0.05) is 0 Å². The molecule has 6 heteroatoms. The Hall–Kier alpha value is -1.43. The third-order valence-electron chi connectivity index (χ3n) is 3.37. The molecule has 18 heavy (non-hydrogen) atoms. The molecule has 0 saturated carbocycles. The Labute approximate surface area is 110 Å². The van der Waals surface area contributed by atoms with Gasteiger partial charge in [0.1, 0.15) is 5.69 Å². The normalized spacial score (nSPS) is 12.3. The average molecular weight is 270 g/mol. The molecule has 0 aliphatic carbocycles. The summed E-state index contributed by atoms with van der Waals surface area (Å²) in [4.78, 5) is 27.3. The minimum atomic E-state index is -1.08. The molecule has 0 atom stereocenters. The van der Waals surface area contributed by atoms with Crippen molar-refractivity contribution in [1.82, 2.24) is 10.3 Å². The Balaban J connectivity index is 2.90. The third kappa shape index (κ3) is 2.69. The minimum absolute atomic E-state index is 0.326. The van der Waals surface area contributed by atoms with E-state index in [1.165, 1.54) is 11.3 Å². The molecule has 0 aliphatic rings. The summed E-state index contributed by atoms with van der Waals surface area (Å²) in [7, 11) is 0. The zero-order chi connectivity index (χ0) is 14.1. The summed E-state index contributed by atoms with van der Waals surface area (Å²) in [6.45, 7) is 8.37. The molecular formula is C12H18N2O3S. The number of nitrogens with one attached hydrogen (secondary N) is 1. The first-order valence-corrected chi connectivity index (χ1v) is 6.44. The van der Waals surface area contributed by atoms with E-state index in [1.54, 1.807) is 33.1 Å². The Morgan fingerprint density at radius 3 is 2.28 bits per heavy atom.